The van der Waals surface area contributed by atoms with E-state index in [0.717, 1.165) is 48.8 Å². The zero-order valence-corrected chi connectivity index (χ0v) is 20.1. The molecule has 0 spiro atoms. The van der Waals surface area contributed by atoms with Crippen molar-refractivity contribution in [3.63, 3.8) is 0 Å². The normalized spacial score (nSPS) is 12.6. The Hall–Kier alpha value is -2.90. The predicted octanol–water partition coefficient (Wildman–Crippen LogP) is 4.38. The first kappa shape index (κ1) is 27.3. The topological polar surface area (TPSA) is 113 Å². The number of ether oxygens (including phenoxy) is 1. The van der Waals surface area contributed by atoms with Gasteiger partial charge in [0.1, 0.15) is 0 Å². The summed E-state index contributed by atoms with van der Waals surface area (Å²) in [6.45, 7) is 2.33. The maximum atomic E-state index is 12.2. The van der Waals surface area contributed by atoms with E-state index in [1.165, 1.54) is 0 Å². The lowest BCUT2D eigenvalue weighted by Crippen LogP contribution is -2.43. The van der Waals surface area contributed by atoms with Crippen molar-refractivity contribution in [2.24, 2.45) is 0 Å². The van der Waals surface area contributed by atoms with Gasteiger partial charge in [0, 0.05) is 17.5 Å². The van der Waals surface area contributed by atoms with E-state index in [4.69, 9.17) is 21.4 Å². The summed E-state index contributed by atoms with van der Waals surface area (Å²) >= 11 is 6.05. The average molecular weight is 490 g/mol. The predicted molar refractivity (Wildman–Crippen MR) is 131 cm³/mol. The Balaban J connectivity index is 1.98. The molecule has 2 aromatic carbocycles. The monoisotopic (exact) mass is 489 g/mol. The molecule has 184 valence electrons. The van der Waals surface area contributed by atoms with Crippen LogP contribution in [0.4, 0.5) is 0 Å². The van der Waals surface area contributed by atoms with Crippen molar-refractivity contribution in [3.8, 4) is 11.1 Å². The van der Waals surface area contributed by atoms with Gasteiger partial charge in [0.05, 0.1) is 6.61 Å². The summed E-state index contributed by atoms with van der Waals surface area (Å²) in [7, 11) is 0. The van der Waals surface area contributed by atoms with Crippen LogP contribution in [-0.2, 0) is 25.5 Å². The van der Waals surface area contributed by atoms with Crippen LogP contribution in [0.25, 0.3) is 11.1 Å². The van der Waals surface area contributed by atoms with Crippen LogP contribution >= 0.6 is 11.6 Å². The van der Waals surface area contributed by atoms with E-state index in [1.807, 2.05) is 42.5 Å². The van der Waals surface area contributed by atoms with Crippen molar-refractivity contribution in [3.05, 3.63) is 59.1 Å². The third-order valence-electron chi connectivity index (χ3n) is 5.40. The lowest BCUT2D eigenvalue weighted by molar-refractivity contribution is -0.155. The summed E-state index contributed by atoms with van der Waals surface area (Å²) in [5.74, 6) is -3.61. The fraction of sp³-hybridized carbons (Fsp3) is 0.423. The SMILES string of the molecule is CCCCCCCOC(=O)C(O)C[C@@H](Cc1ccc(-c2cccc(Cl)c2)cc1)NC(=O)C(=O)O. The first-order chi connectivity index (χ1) is 16.3. The number of esters is 1. The second-order valence-electron chi connectivity index (χ2n) is 8.22. The number of hydrogen-bond donors (Lipinski definition) is 3. The van der Waals surface area contributed by atoms with E-state index >= 15 is 0 Å². The molecule has 2 aromatic rings. The number of carbonyl (C=O) groups is 3. The van der Waals surface area contributed by atoms with Gasteiger partial charge in [-0.25, -0.2) is 9.59 Å². The summed E-state index contributed by atoms with van der Waals surface area (Å²) in [4.78, 5) is 34.9. The molecule has 2 rings (SSSR count). The van der Waals surface area contributed by atoms with Crippen LogP contribution in [0.5, 0.6) is 0 Å². The number of benzene rings is 2. The standard InChI is InChI=1S/C26H32ClNO6/c1-2-3-4-5-6-14-34-26(33)23(29)17-22(28-24(30)25(31)32)15-18-10-12-19(13-11-18)20-8-7-9-21(27)16-20/h7-13,16,22-23,29H,2-6,14-15,17H2,1H3,(H,28,30)(H,31,32)/t22-,23?/m1/s1. The van der Waals surface area contributed by atoms with Gasteiger partial charge < -0.3 is 20.3 Å². The van der Waals surface area contributed by atoms with Crippen LogP contribution in [0.15, 0.2) is 48.5 Å². The highest BCUT2D eigenvalue weighted by molar-refractivity contribution is 6.31. The molecule has 0 bridgehead atoms. The lowest BCUT2D eigenvalue weighted by Gasteiger charge is -2.20. The van der Waals surface area contributed by atoms with Crippen molar-refractivity contribution in [1.29, 1.82) is 0 Å². The minimum absolute atomic E-state index is 0.163. The number of aliphatic hydroxyl groups excluding tert-OH is 1. The molecule has 1 unspecified atom stereocenters. The number of unbranched alkanes of at least 4 members (excludes halogenated alkanes) is 4. The summed E-state index contributed by atoms with van der Waals surface area (Å²) < 4.78 is 5.13. The highest BCUT2D eigenvalue weighted by Gasteiger charge is 2.25. The number of carboxylic acid groups (broad SMARTS) is 1. The molecule has 0 fully saturated rings. The number of rotatable bonds is 13. The molecule has 3 N–H and O–H groups in total. The molecule has 2 atom stereocenters. The zero-order chi connectivity index (χ0) is 24.9. The van der Waals surface area contributed by atoms with Crippen LogP contribution in [-0.4, -0.2) is 46.8 Å². The van der Waals surface area contributed by atoms with Crippen LogP contribution in [0.3, 0.4) is 0 Å². The van der Waals surface area contributed by atoms with Gasteiger partial charge in [0.2, 0.25) is 0 Å². The Morgan fingerprint density at radius 3 is 2.35 bits per heavy atom. The van der Waals surface area contributed by atoms with Gasteiger partial charge in [-0.3, -0.25) is 4.79 Å². The van der Waals surface area contributed by atoms with Crippen LogP contribution < -0.4 is 5.32 Å². The largest absolute Gasteiger partial charge is 0.474 e. The number of nitrogens with one attached hydrogen (secondary N) is 1. The van der Waals surface area contributed by atoms with E-state index in [1.54, 1.807) is 6.07 Å². The van der Waals surface area contributed by atoms with Crippen LogP contribution in [0, 0.1) is 0 Å². The number of hydrogen-bond acceptors (Lipinski definition) is 5. The molecule has 0 radical (unpaired) electrons. The van der Waals surface area contributed by atoms with Gasteiger partial charge in [-0.05, 0) is 41.7 Å². The number of amides is 1. The van der Waals surface area contributed by atoms with E-state index in [9.17, 15) is 19.5 Å². The Morgan fingerprint density at radius 2 is 1.71 bits per heavy atom. The van der Waals surface area contributed by atoms with Crippen molar-refractivity contribution in [2.45, 2.75) is 64.0 Å². The molecule has 0 saturated carbocycles. The first-order valence-corrected chi connectivity index (χ1v) is 11.9. The number of halogens is 1. The van der Waals surface area contributed by atoms with Crippen molar-refractivity contribution >= 4 is 29.4 Å². The molecular weight excluding hydrogens is 458 g/mol. The smallest absolute Gasteiger partial charge is 0.394 e. The molecule has 7 nitrogen and oxygen atoms in total. The summed E-state index contributed by atoms with van der Waals surface area (Å²) in [6, 6.07) is 14.1. The highest BCUT2D eigenvalue weighted by Crippen LogP contribution is 2.23. The molecule has 0 saturated heterocycles. The fourth-order valence-electron chi connectivity index (χ4n) is 3.57. The van der Waals surface area contributed by atoms with Crippen LogP contribution in [0.2, 0.25) is 5.02 Å². The maximum absolute atomic E-state index is 12.2. The quantitative estimate of drug-likeness (QED) is 0.218. The minimum Gasteiger partial charge on any atom is -0.474 e. The van der Waals surface area contributed by atoms with E-state index < -0.39 is 30.0 Å². The van der Waals surface area contributed by atoms with Gasteiger partial charge in [-0.2, -0.15) is 0 Å². The molecule has 0 aliphatic heterocycles. The van der Waals surface area contributed by atoms with Gasteiger partial charge in [0.15, 0.2) is 6.10 Å². The zero-order valence-electron chi connectivity index (χ0n) is 19.3. The Kier molecular flexibility index (Phi) is 11.6. The molecule has 1 amide bonds. The van der Waals surface area contributed by atoms with Gasteiger partial charge >= 0.3 is 17.8 Å². The molecule has 8 heteroatoms. The average Bonchev–Trinajstić information content (AvgIpc) is 2.81. The third kappa shape index (κ3) is 9.53. The van der Waals surface area contributed by atoms with Gasteiger partial charge in [0.25, 0.3) is 0 Å². The number of aliphatic hydroxyl groups is 1. The van der Waals surface area contributed by atoms with E-state index in [0.29, 0.717) is 5.02 Å². The van der Waals surface area contributed by atoms with Crippen molar-refractivity contribution in [1.82, 2.24) is 5.32 Å². The lowest BCUT2D eigenvalue weighted by atomic mass is 9.98. The Labute approximate surface area is 205 Å². The number of aliphatic carboxylic acids is 1. The summed E-state index contributed by atoms with van der Waals surface area (Å²) in [6.07, 6.45) is 3.57. The summed E-state index contributed by atoms with van der Waals surface area (Å²) in [5.41, 5.74) is 2.69. The molecule has 34 heavy (non-hydrogen) atoms. The van der Waals surface area contributed by atoms with Crippen molar-refractivity contribution in [2.75, 3.05) is 6.61 Å². The minimum atomic E-state index is -1.63. The maximum Gasteiger partial charge on any atom is 0.394 e. The molecule has 0 aromatic heterocycles. The highest BCUT2D eigenvalue weighted by atomic mass is 35.5. The Bertz CT molecular complexity index is 947. The first-order valence-electron chi connectivity index (χ1n) is 11.5. The molecule has 0 heterocycles. The summed E-state index contributed by atoms with van der Waals surface area (Å²) in [5, 5.41) is 22.2. The van der Waals surface area contributed by atoms with Gasteiger partial charge in [-0.15, -0.1) is 0 Å². The molecule has 0 aliphatic carbocycles. The van der Waals surface area contributed by atoms with E-state index in [2.05, 4.69) is 12.2 Å². The number of carbonyl (C=O) groups excluding carboxylic acids is 2. The number of carboxylic acids is 1. The third-order valence-corrected chi connectivity index (χ3v) is 5.63. The molecular formula is C26H32ClNO6. The van der Waals surface area contributed by atoms with Crippen molar-refractivity contribution < 1.29 is 29.3 Å². The van der Waals surface area contributed by atoms with Crippen LogP contribution in [0.1, 0.15) is 51.0 Å². The van der Waals surface area contributed by atoms with Gasteiger partial charge in [-0.1, -0.05) is 80.6 Å². The second-order valence-corrected chi connectivity index (χ2v) is 8.66. The molecule has 0 aliphatic rings. The van der Waals surface area contributed by atoms with E-state index in [-0.39, 0.29) is 19.4 Å². The Morgan fingerprint density at radius 1 is 1.00 bits per heavy atom. The second kappa shape index (κ2) is 14.4. The fourth-order valence-corrected chi connectivity index (χ4v) is 3.76.